The van der Waals surface area contributed by atoms with Crippen molar-refractivity contribution in [2.24, 2.45) is 5.92 Å². The number of benzene rings is 2. The molecule has 3 N–H and O–H groups in total. The van der Waals surface area contributed by atoms with Crippen LogP contribution in [0.25, 0.3) is 0 Å². The average molecular weight is 414 g/mol. The van der Waals surface area contributed by atoms with E-state index in [1.807, 2.05) is 32.0 Å². The Morgan fingerprint density at radius 3 is 2.43 bits per heavy atom. The van der Waals surface area contributed by atoms with Crippen molar-refractivity contribution in [3.63, 3.8) is 0 Å². The van der Waals surface area contributed by atoms with E-state index >= 15 is 0 Å². The number of aromatic hydroxyl groups is 1. The third kappa shape index (κ3) is 5.39. The molecule has 1 saturated carbocycles. The van der Waals surface area contributed by atoms with Gasteiger partial charge in [-0.2, -0.15) is 0 Å². The summed E-state index contributed by atoms with van der Waals surface area (Å²) in [6.45, 7) is 3.65. The summed E-state index contributed by atoms with van der Waals surface area (Å²) >= 11 is 0. The molecule has 0 bridgehead atoms. The fourth-order valence-corrected chi connectivity index (χ4v) is 4.76. The number of hydrogen-bond acceptors (Lipinski definition) is 3. The Kier molecular flexibility index (Phi) is 6.81. The SMILES string of the molecule is CC(C)(CC(O)(CC1CCCCC1)C(=O)Nc1ccccc1)c1cc(F)ccc1O. The molecule has 1 aliphatic carbocycles. The van der Waals surface area contributed by atoms with Crippen LogP contribution in [-0.2, 0) is 10.2 Å². The van der Waals surface area contributed by atoms with Crippen molar-refractivity contribution in [2.45, 2.75) is 69.8 Å². The lowest BCUT2D eigenvalue weighted by Crippen LogP contribution is -2.48. The zero-order valence-electron chi connectivity index (χ0n) is 17.8. The molecular formula is C25H32FNO3. The van der Waals surface area contributed by atoms with Crippen molar-refractivity contribution < 1.29 is 19.4 Å². The second kappa shape index (κ2) is 9.17. The number of hydrogen-bond donors (Lipinski definition) is 3. The maximum absolute atomic E-state index is 13.9. The normalized spacial score (nSPS) is 17.3. The number of carbonyl (C=O) groups excluding carboxylic acids is 1. The summed E-state index contributed by atoms with van der Waals surface area (Å²) in [5, 5.41) is 24.8. The highest BCUT2D eigenvalue weighted by Crippen LogP contribution is 2.41. The summed E-state index contributed by atoms with van der Waals surface area (Å²) in [5.41, 5.74) is -1.45. The molecule has 0 spiro atoms. The predicted octanol–water partition coefficient (Wildman–Crippen LogP) is 5.54. The van der Waals surface area contributed by atoms with E-state index in [4.69, 9.17) is 0 Å². The molecule has 0 aliphatic heterocycles. The fourth-order valence-electron chi connectivity index (χ4n) is 4.76. The van der Waals surface area contributed by atoms with Gasteiger partial charge >= 0.3 is 0 Å². The predicted molar refractivity (Wildman–Crippen MR) is 117 cm³/mol. The van der Waals surface area contributed by atoms with Crippen LogP contribution in [0.1, 0.15) is 64.4 Å². The van der Waals surface area contributed by atoms with Crippen LogP contribution in [0.5, 0.6) is 5.75 Å². The molecule has 0 radical (unpaired) electrons. The van der Waals surface area contributed by atoms with Crippen LogP contribution < -0.4 is 5.32 Å². The Morgan fingerprint density at radius 1 is 1.10 bits per heavy atom. The molecule has 162 valence electrons. The molecule has 1 amide bonds. The molecule has 5 heteroatoms. The van der Waals surface area contributed by atoms with Crippen molar-refractivity contribution >= 4 is 11.6 Å². The van der Waals surface area contributed by atoms with Gasteiger partial charge in [-0.1, -0.05) is 64.2 Å². The van der Waals surface area contributed by atoms with Crippen molar-refractivity contribution in [3.05, 3.63) is 59.9 Å². The lowest BCUT2D eigenvalue weighted by molar-refractivity contribution is -0.138. The molecule has 1 aliphatic rings. The van der Waals surface area contributed by atoms with E-state index in [-0.39, 0.29) is 18.1 Å². The van der Waals surface area contributed by atoms with Crippen LogP contribution in [-0.4, -0.2) is 21.7 Å². The molecule has 0 heterocycles. The van der Waals surface area contributed by atoms with Crippen LogP contribution in [0.3, 0.4) is 0 Å². The van der Waals surface area contributed by atoms with Crippen LogP contribution in [0, 0.1) is 11.7 Å². The number of aliphatic hydroxyl groups is 1. The molecule has 2 aromatic rings. The van der Waals surface area contributed by atoms with E-state index in [9.17, 15) is 19.4 Å². The first kappa shape index (κ1) is 22.3. The Morgan fingerprint density at radius 2 is 1.77 bits per heavy atom. The molecule has 0 aromatic heterocycles. The smallest absolute Gasteiger partial charge is 0.256 e. The van der Waals surface area contributed by atoms with Crippen molar-refractivity contribution in [1.29, 1.82) is 0 Å². The van der Waals surface area contributed by atoms with Gasteiger partial charge in [-0.25, -0.2) is 4.39 Å². The van der Waals surface area contributed by atoms with E-state index in [2.05, 4.69) is 5.32 Å². The molecule has 0 saturated heterocycles. The van der Waals surface area contributed by atoms with E-state index in [0.29, 0.717) is 17.7 Å². The quantitative estimate of drug-likeness (QED) is 0.558. The fraction of sp³-hybridized carbons (Fsp3) is 0.480. The molecule has 2 aromatic carbocycles. The Bertz CT molecular complexity index is 862. The number of halogens is 1. The zero-order valence-corrected chi connectivity index (χ0v) is 17.8. The largest absolute Gasteiger partial charge is 0.508 e. The Labute approximate surface area is 178 Å². The second-order valence-corrected chi connectivity index (χ2v) is 9.28. The highest BCUT2D eigenvalue weighted by molar-refractivity contribution is 5.97. The van der Waals surface area contributed by atoms with Crippen molar-refractivity contribution in [3.8, 4) is 5.75 Å². The van der Waals surface area contributed by atoms with Gasteiger partial charge in [0.25, 0.3) is 5.91 Å². The maximum atomic E-state index is 13.9. The van der Waals surface area contributed by atoms with Crippen LogP contribution in [0.2, 0.25) is 0 Å². The third-order valence-electron chi connectivity index (χ3n) is 6.23. The van der Waals surface area contributed by atoms with Crippen molar-refractivity contribution in [2.75, 3.05) is 5.32 Å². The first-order valence-electron chi connectivity index (χ1n) is 10.8. The molecule has 1 atom stereocenters. The van der Waals surface area contributed by atoms with Crippen LogP contribution in [0.15, 0.2) is 48.5 Å². The standard InChI is InChI=1S/C25H32FNO3/c1-24(2,21-15-19(26)13-14-22(21)28)17-25(30,16-18-9-5-3-6-10-18)23(29)27-20-11-7-4-8-12-20/h4,7-8,11-15,18,28,30H,3,5-6,9-10,16-17H2,1-2H3,(H,27,29). The minimum atomic E-state index is -1.64. The third-order valence-corrected chi connectivity index (χ3v) is 6.23. The highest BCUT2D eigenvalue weighted by Gasteiger charge is 2.44. The second-order valence-electron chi connectivity index (χ2n) is 9.28. The van der Waals surface area contributed by atoms with Gasteiger partial charge in [0.2, 0.25) is 0 Å². The van der Waals surface area contributed by atoms with Gasteiger partial charge in [-0.05, 0) is 54.5 Å². The first-order valence-corrected chi connectivity index (χ1v) is 10.8. The van der Waals surface area contributed by atoms with Gasteiger partial charge in [-0.15, -0.1) is 0 Å². The summed E-state index contributed by atoms with van der Waals surface area (Å²) in [6.07, 6.45) is 5.81. The average Bonchev–Trinajstić information content (AvgIpc) is 2.70. The molecule has 3 rings (SSSR count). The van der Waals surface area contributed by atoms with Gasteiger partial charge in [0, 0.05) is 11.3 Å². The summed E-state index contributed by atoms with van der Waals surface area (Å²) < 4.78 is 13.9. The highest BCUT2D eigenvalue weighted by atomic mass is 19.1. The summed E-state index contributed by atoms with van der Waals surface area (Å²) in [6, 6.07) is 12.9. The minimum absolute atomic E-state index is 0.0371. The van der Waals surface area contributed by atoms with Gasteiger partial charge < -0.3 is 15.5 Å². The number of amides is 1. The summed E-state index contributed by atoms with van der Waals surface area (Å²) in [7, 11) is 0. The number of para-hydroxylation sites is 1. The molecule has 1 fully saturated rings. The van der Waals surface area contributed by atoms with Crippen LogP contribution in [0.4, 0.5) is 10.1 Å². The number of phenolic OH excluding ortho intramolecular Hbond substituents is 1. The number of rotatable bonds is 7. The van der Waals surface area contributed by atoms with Crippen molar-refractivity contribution in [1.82, 2.24) is 0 Å². The number of phenols is 1. The van der Waals surface area contributed by atoms with Gasteiger partial charge in [0.1, 0.15) is 17.2 Å². The van der Waals surface area contributed by atoms with Gasteiger partial charge in [-0.3, -0.25) is 4.79 Å². The van der Waals surface area contributed by atoms with E-state index in [1.165, 1.54) is 24.6 Å². The molecule has 4 nitrogen and oxygen atoms in total. The van der Waals surface area contributed by atoms with Gasteiger partial charge in [0.15, 0.2) is 0 Å². The molecular weight excluding hydrogens is 381 g/mol. The number of anilines is 1. The molecule has 1 unspecified atom stereocenters. The lowest BCUT2D eigenvalue weighted by atomic mass is 9.70. The maximum Gasteiger partial charge on any atom is 0.256 e. The summed E-state index contributed by atoms with van der Waals surface area (Å²) in [4.78, 5) is 13.3. The lowest BCUT2D eigenvalue weighted by Gasteiger charge is -2.38. The number of nitrogens with one attached hydrogen (secondary N) is 1. The monoisotopic (exact) mass is 413 g/mol. The Hall–Kier alpha value is -2.40. The Balaban J connectivity index is 1.89. The molecule has 30 heavy (non-hydrogen) atoms. The van der Waals surface area contributed by atoms with E-state index in [1.54, 1.807) is 12.1 Å². The first-order chi connectivity index (χ1) is 14.2. The topological polar surface area (TPSA) is 69.6 Å². The number of carbonyl (C=O) groups is 1. The zero-order chi connectivity index (χ0) is 21.8. The van der Waals surface area contributed by atoms with E-state index < -0.39 is 22.7 Å². The van der Waals surface area contributed by atoms with E-state index in [0.717, 1.165) is 25.7 Å². The minimum Gasteiger partial charge on any atom is -0.508 e. The van der Waals surface area contributed by atoms with Gasteiger partial charge in [0.05, 0.1) is 0 Å². The van der Waals surface area contributed by atoms with Crippen LogP contribution >= 0.6 is 0 Å². The summed E-state index contributed by atoms with van der Waals surface area (Å²) in [5.74, 6) is -0.685.